The number of rotatable bonds is 7. The lowest BCUT2D eigenvalue weighted by Gasteiger charge is -2.10. The first kappa shape index (κ1) is 16.9. The number of ketones is 1. The predicted molar refractivity (Wildman–Crippen MR) is 78.7 cm³/mol. The van der Waals surface area contributed by atoms with E-state index in [0.29, 0.717) is 5.56 Å². The van der Waals surface area contributed by atoms with Crippen LogP contribution >= 0.6 is 11.6 Å². The van der Waals surface area contributed by atoms with E-state index in [2.05, 4.69) is 0 Å². The Bertz CT molecular complexity index is 577. The van der Waals surface area contributed by atoms with Gasteiger partial charge in [0.25, 0.3) is 0 Å². The average Bonchev–Trinajstić information content (AvgIpc) is 2.45. The Labute approximate surface area is 127 Å². The summed E-state index contributed by atoms with van der Waals surface area (Å²) in [5, 5.41) is 8.69. The van der Waals surface area contributed by atoms with E-state index >= 15 is 0 Å². The number of carboxylic acid groups (broad SMARTS) is 1. The molecule has 1 aromatic carbocycles. The molecule has 0 aliphatic rings. The fourth-order valence-electron chi connectivity index (χ4n) is 1.77. The zero-order valence-electron chi connectivity index (χ0n) is 11.5. The van der Waals surface area contributed by atoms with Gasteiger partial charge < -0.3 is 9.84 Å². The molecular formula is C15H15ClO5. The van der Waals surface area contributed by atoms with Crippen molar-refractivity contribution in [1.29, 1.82) is 0 Å². The van der Waals surface area contributed by atoms with Crippen LogP contribution in [0.2, 0.25) is 0 Å². The molecule has 1 N–H and O–H groups in total. The van der Waals surface area contributed by atoms with Crippen molar-refractivity contribution in [3.8, 4) is 0 Å². The highest BCUT2D eigenvalue weighted by molar-refractivity contribution is 6.20. The maximum atomic E-state index is 12.2. The average molecular weight is 311 g/mol. The molecule has 0 saturated carbocycles. The zero-order chi connectivity index (χ0) is 15.8. The largest absolute Gasteiger partial charge is 0.478 e. The van der Waals surface area contributed by atoms with Crippen molar-refractivity contribution in [2.24, 2.45) is 0 Å². The third-order valence-electron chi connectivity index (χ3n) is 2.60. The summed E-state index contributed by atoms with van der Waals surface area (Å²) in [6.45, 7) is 1.84. The second-order valence-corrected chi connectivity index (χ2v) is 4.40. The molecule has 6 heteroatoms. The number of carboxylic acids is 1. The number of hydrogen-bond acceptors (Lipinski definition) is 4. The summed E-state index contributed by atoms with van der Waals surface area (Å²) >= 11 is 5.57. The van der Waals surface area contributed by atoms with Gasteiger partial charge in [0, 0.05) is 23.9 Å². The summed E-state index contributed by atoms with van der Waals surface area (Å²) in [4.78, 5) is 34.7. The number of hydrogen-bond donors (Lipinski definition) is 1. The monoisotopic (exact) mass is 310 g/mol. The number of aliphatic carboxylic acids is 1. The molecule has 0 aliphatic carbocycles. The molecule has 1 rings (SSSR count). The van der Waals surface area contributed by atoms with Gasteiger partial charge in [-0.15, -0.1) is 11.6 Å². The zero-order valence-corrected chi connectivity index (χ0v) is 12.2. The maximum absolute atomic E-state index is 12.2. The standard InChI is InChI=1S/C15H15ClO5/c1-2-21-15(20)11-5-3-4-10(6-7-13(18)19)14(11)12(17)8-9-16/h3-7H,2,8-9H2,1H3,(H,18,19)/b7-6+. The summed E-state index contributed by atoms with van der Waals surface area (Å²) in [5.41, 5.74) is 0.590. The lowest BCUT2D eigenvalue weighted by Crippen LogP contribution is -2.14. The van der Waals surface area contributed by atoms with Gasteiger partial charge >= 0.3 is 11.9 Å². The van der Waals surface area contributed by atoms with E-state index in [1.807, 2.05) is 0 Å². The molecule has 0 atom stereocenters. The second kappa shape index (κ2) is 8.21. The Kier molecular flexibility index (Phi) is 6.62. The Morgan fingerprint density at radius 3 is 2.62 bits per heavy atom. The van der Waals surface area contributed by atoms with Crippen LogP contribution in [0.1, 0.15) is 39.6 Å². The number of esters is 1. The van der Waals surface area contributed by atoms with Crippen LogP contribution in [0.3, 0.4) is 0 Å². The van der Waals surface area contributed by atoms with Crippen molar-refractivity contribution in [2.75, 3.05) is 12.5 Å². The Morgan fingerprint density at radius 2 is 2.05 bits per heavy atom. The molecule has 0 bridgehead atoms. The third-order valence-corrected chi connectivity index (χ3v) is 2.79. The van der Waals surface area contributed by atoms with Crippen LogP contribution in [0.25, 0.3) is 6.08 Å². The quantitative estimate of drug-likeness (QED) is 0.362. The second-order valence-electron chi connectivity index (χ2n) is 4.02. The molecule has 21 heavy (non-hydrogen) atoms. The Hall–Kier alpha value is -2.14. The van der Waals surface area contributed by atoms with Crippen molar-refractivity contribution in [1.82, 2.24) is 0 Å². The minimum absolute atomic E-state index is 0.0475. The van der Waals surface area contributed by atoms with E-state index in [-0.39, 0.29) is 35.8 Å². The van der Waals surface area contributed by atoms with Crippen molar-refractivity contribution in [2.45, 2.75) is 13.3 Å². The van der Waals surface area contributed by atoms with E-state index in [0.717, 1.165) is 6.08 Å². The molecular weight excluding hydrogens is 296 g/mol. The van der Waals surface area contributed by atoms with Gasteiger partial charge in [0.1, 0.15) is 0 Å². The summed E-state index contributed by atoms with van der Waals surface area (Å²) in [7, 11) is 0. The molecule has 0 aliphatic heterocycles. The fourth-order valence-corrected chi connectivity index (χ4v) is 1.94. The molecule has 0 amide bonds. The third kappa shape index (κ3) is 4.72. The number of carbonyl (C=O) groups is 3. The molecule has 0 radical (unpaired) electrons. The summed E-state index contributed by atoms with van der Waals surface area (Å²) in [6, 6.07) is 4.59. The number of carbonyl (C=O) groups excluding carboxylic acids is 2. The molecule has 5 nitrogen and oxygen atoms in total. The first-order valence-corrected chi connectivity index (χ1v) is 6.85. The summed E-state index contributed by atoms with van der Waals surface area (Å²) in [6.07, 6.45) is 2.22. The maximum Gasteiger partial charge on any atom is 0.338 e. The number of ether oxygens (including phenoxy) is 1. The minimum Gasteiger partial charge on any atom is -0.478 e. The van der Waals surface area contributed by atoms with Crippen LogP contribution in [0, 0.1) is 0 Å². The lowest BCUT2D eigenvalue weighted by atomic mass is 9.95. The highest BCUT2D eigenvalue weighted by Crippen LogP contribution is 2.20. The van der Waals surface area contributed by atoms with E-state index in [1.165, 1.54) is 12.1 Å². The summed E-state index contributed by atoms with van der Waals surface area (Å²) < 4.78 is 4.91. The van der Waals surface area contributed by atoms with Gasteiger partial charge in [-0.05, 0) is 24.6 Å². The van der Waals surface area contributed by atoms with Gasteiger partial charge in [-0.3, -0.25) is 4.79 Å². The normalized spacial score (nSPS) is 10.6. The lowest BCUT2D eigenvalue weighted by molar-refractivity contribution is -0.131. The first-order chi connectivity index (χ1) is 10.0. The fraction of sp³-hybridized carbons (Fsp3) is 0.267. The molecule has 0 fully saturated rings. The van der Waals surface area contributed by atoms with Gasteiger partial charge in [0.05, 0.1) is 12.2 Å². The van der Waals surface area contributed by atoms with Gasteiger partial charge in [0.15, 0.2) is 5.78 Å². The van der Waals surface area contributed by atoms with Gasteiger partial charge in [-0.2, -0.15) is 0 Å². The van der Waals surface area contributed by atoms with E-state index < -0.39 is 11.9 Å². The van der Waals surface area contributed by atoms with Crippen LogP contribution < -0.4 is 0 Å². The Balaban J connectivity index is 3.36. The molecule has 112 valence electrons. The smallest absolute Gasteiger partial charge is 0.338 e. The molecule has 0 heterocycles. The topological polar surface area (TPSA) is 80.7 Å². The van der Waals surface area contributed by atoms with Crippen molar-refractivity contribution in [3.63, 3.8) is 0 Å². The van der Waals surface area contributed by atoms with Gasteiger partial charge in [0.2, 0.25) is 0 Å². The minimum atomic E-state index is -1.15. The molecule has 0 spiro atoms. The molecule has 0 unspecified atom stereocenters. The predicted octanol–water partition coefficient (Wildman–Crippen LogP) is 2.77. The van der Waals surface area contributed by atoms with Gasteiger partial charge in [-0.25, -0.2) is 9.59 Å². The molecule has 0 saturated heterocycles. The Morgan fingerprint density at radius 1 is 1.33 bits per heavy atom. The van der Waals surface area contributed by atoms with E-state index in [9.17, 15) is 14.4 Å². The van der Waals surface area contributed by atoms with Crippen LogP contribution in [0.15, 0.2) is 24.3 Å². The SMILES string of the molecule is CCOC(=O)c1cccc(/C=C/C(=O)O)c1C(=O)CCCl. The van der Waals surface area contributed by atoms with Crippen LogP contribution in [-0.4, -0.2) is 35.3 Å². The first-order valence-electron chi connectivity index (χ1n) is 6.31. The van der Waals surface area contributed by atoms with Crippen LogP contribution in [0.5, 0.6) is 0 Å². The molecule has 1 aromatic rings. The van der Waals surface area contributed by atoms with Crippen LogP contribution in [0.4, 0.5) is 0 Å². The van der Waals surface area contributed by atoms with Gasteiger partial charge in [-0.1, -0.05) is 12.1 Å². The summed E-state index contributed by atoms with van der Waals surface area (Å²) in [5.74, 6) is -2.00. The number of alkyl halides is 1. The highest BCUT2D eigenvalue weighted by Gasteiger charge is 2.20. The van der Waals surface area contributed by atoms with Crippen molar-refractivity contribution < 1.29 is 24.2 Å². The number of benzene rings is 1. The number of halogens is 1. The van der Waals surface area contributed by atoms with Crippen molar-refractivity contribution >= 4 is 35.4 Å². The van der Waals surface area contributed by atoms with Crippen molar-refractivity contribution in [3.05, 3.63) is 41.0 Å². The van der Waals surface area contributed by atoms with Crippen LogP contribution in [-0.2, 0) is 9.53 Å². The van der Waals surface area contributed by atoms with E-state index in [4.69, 9.17) is 21.4 Å². The number of Topliss-reactive ketones (excluding diaryl/α,β-unsaturated/α-hetero) is 1. The van der Waals surface area contributed by atoms with E-state index in [1.54, 1.807) is 19.1 Å². The molecule has 0 aromatic heterocycles. The highest BCUT2D eigenvalue weighted by atomic mass is 35.5.